The van der Waals surface area contributed by atoms with E-state index < -0.39 is 0 Å². The van der Waals surface area contributed by atoms with Crippen LogP contribution in [0.3, 0.4) is 0 Å². The van der Waals surface area contributed by atoms with E-state index in [0.717, 1.165) is 26.1 Å². The molecule has 0 unspecified atom stereocenters. The summed E-state index contributed by atoms with van der Waals surface area (Å²) in [6.45, 7) is 5.39. The molecule has 20 heavy (non-hydrogen) atoms. The molecule has 0 atom stereocenters. The maximum absolute atomic E-state index is 2.51. The normalized spacial score (nSPS) is 15.9. The number of rotatable bonds is 3. The Morgan fingerprint density at radius 2 is 1.70 bits per heavy atom. The second kappa shape index (κ2) is 6.06. The van der Waals surface area contributed by atoms with Crippen molar-refractivity contribution >= 4 is 5.57 Å². The van der Waals surface area contributed by atoms with Gasteiger partial charge in [-0.25, -0.2) is 0 Å². The molecule has 0 saturated carbocycles. The first-order chi connectivity index (χ1) is 9.81. The second-order valence-electron chi connectivity index (χ2n) is 5.57. The Kier molecular flexibility index (Phi) is 3.98. The van der Waals surface area contributed by atoms with Crippen LogP contribution in [0, 0.1) is 6.92 Å². The molecule has 0 radical (unpaired) electrons. The van der Waals surface area contributed by atoms with Crippen molar-refractivity contribution in [3.8, 4) is 0 Å². The number of hydrogen-bond acceptors (Lipinski definition) is 1. The van der Waals surface area contributed by atoms with Crippen molar-refractivity contribution in [1.82, 2.24) is 4.90 Å². The monoisotopic (exact) mass is 263 g/mol. The van der Waals surface area contributed by atoms with Crippen LogP contribution in [0.5, 0.6) is 0 Å². The fourth-order valence-corrected chi connectivity index (χ4v) is 2.73. The smallest absolute Gasteiger partial charge is 0.0237 e. The number of aryl methyl sites for hydroxylation is 1. The van der Waals surface area contributed by atoms with Crippen LogP contribution in [0.4, 0.5) is 0 Å². The summed E-state index contributed by atoms with van der Waals surface area (Å²) in [5, 5.41) is 0. The SMILES string of the molecule is Cc1ccc(C2=CCN(Cc3ccccc3)CC2)cc1. The molecule has 1 heterocycles. The summed E-state index contributed by atoms with van der Waals surface area (Å²) in [4.78, 5) is 2.51. The second-order valence-corrected chi connectivity index (χ2v) is 5.57. The molecule has 0 aromatic heterocycles. The first kappa shape index (κ1) is 13.1. The van der Waals surface area contributed by atoms with Gasteiger partial charge in [0.25, 0.3) is 0 Å². The Morgan fingerprint density at radius 1 is 0.950 bits per heavy atom. The van der Waals surface area contributed by atoms with Crippen molar-refractivity contribution in [2.24, 2.45) is 0 Å². The molecular weight excluding hydrogens is 242 g/mol. The Bertz CT molecular complexity index is 581. The highest BCUT2D eigenvalue weighted by Gasteiger charge is 2.12. The van der Waals surface area contributed by atoms with E-state index in [1.54, 1.807) is 0 Å². The zero-order valence-corrected chi connectivity index (χ0v) is 12.0. The quantitative estimate of drug-likeness (QED) is 0.798. The van der Waals surface area contributed by atoms with Gasteiger partial charge >= 0.3 is 0 Å². The van der Waals surface area contributed by atoms with E-state index in [1.165, 1.54) is 22.3 Å². The van der Waals surface area contributed by atoms with E-state index >= 15 is 0 Å². The molecule has 0 saturated heterocycles. The fraction of sp³-hybridized carbons (Fsp3) is 0.263. The lowest BCUT2D eigenvalue weighted by Crippen LogP contribution is -2.27. The fourth-order valence-electron chi connectivity index (χ4n) is 2.73. The van der Waals surface area contributed by atoms with Gasteiger partial charge in [-0.1, -0.05) is 66.2 Å². The van der Waals surface area contributed by atoms with E-state index in [9.17, 15) is 0 Å². The number of benzene rings is 2. The van der Waals surface area contributed by atoms with Crippen LogP contribution >= 0.6 is 0 Å². The summed E-state index contributed by atoms with van der Waals surface area (Å²) in [5.74, 6) is 0. The van der Waals surface area contributed by atoms with Crippen molar-refractivity contribution in [1.29, 1.82) is 0 Å². The predicted molar refractivity (Wildman–Crippen MR) is 85.5 cm³/mol. The van der Waals surface area contributed by atoms with Crippen LogP contribution in [0.25, 0.3) is 5.57 Å². The van der Waals surface area contributed by atoms with E-state index in [2.05, 4.69) is 72.5 Å². The summed E-state index contributed by atoms with van der Waals surface area (Å²) in [6, 6.07) is 19.6. The Morgan fingerprint density at radius 3 is 2.35 bits per heavy atom. The maximum Gasteiger partial charge on any atom is 0.0237 e. The lowest BCUT2D eigenvalue weighted by Gasteiger charge is -2.26. The van der Waals surface area contributed by atoms with Gasteiger partial charge in [-0.2, -0.15) is 0 Å². The number of nitrogens with zero attached hydrogens (tertiary/aromatic N) is 1. The lowest BCUT2D eigenvalue weighted by molar-refractivity contribution is 0.294. The van der Waals surface area contributed by atoms with Gasteiger partial charge < -0.3 is 0 Å². The number of hydrogen-bond donors (Lipinski definition) is 0. The minimum Gasteiger partial charge on any atom is -0.295 e. The standard InChI is InChI=1S/C19H21N/c1-16-7-9-18(10-8-16)19-11-13-20(14-12-19)15-17-5-3-2-4-6-17/h2-11H,12-15H2,1H3. The van der Waals surface area contributed by atoms with Gasteiger partial charge in [-0.15, -0.1) is 0 Å². The van der Waals surface area contributed by atoms with Gasteiger partial charge in [0.2, 0.25) is 0 Å². The van der Waals surface area contributed by atoms with Crippen molar-refractivity contribution < 1.29 is 0 Å². The third-order valence-corrected chi connectivity index (χ3v) is 3.96. The van der Waals surface area contributed by atoms with Crippen LogP contribution in [-0.2, 0) is 6.54 Å². The van der Waals surface area contributed by atoms with Crippen LogP contribution in [-0.4, -0.2) is 18.0 Å². The molecular formula is C19H21N. The summed E-state index contributed by atoms with van der Waals surface area (Å²) >= 11 is 0. The third kappa shape index (κ3) is 3.17. The zero-order valence-electron chi connectivity index (χ0n) is 12.0. The van der Waals surface area contributed by atoms with Gasteiger partial charge in [0.1, 0.15) is 0 Å². The highest BCUT2D eigenvalue weighted by atomic mass is 15.1. The maximum atomic E-state index is 2.51. The molecule has 2 aromatic rings. The molecule has 1 aliphatic heterocycles. The lowest BCUT2D eigenvalue weighted by atomic mass is 9.98. The summed E-state index contributed by atoms with van der Waals surface area (Å²) in [5.41, 5.74) is 5.61. The summed E-state index contributed by atoms with van der Waals surface area (Å²) in [6.07, 6.45) is 3.53. The molecule has 1 aliphatic rings. The summed E-state index contributed by atoms with van der Waals surface area (Å²) in [7, 11) is 0. The molecule has 102 valence electrons. The van der Waals surface area contributed by atoms with Gasteiger partial charge in [-0.05, 0) is 30.0 Å². The molecule has 2 aromatic carbocycles. The van der Waals surface area contributed by atoms with E-state index in [0.29, 0.717) is 0 Å². The average Bonchev–Trinajstić information content (AvgIpc) is 2.50. The van der Waals surface area contributed by atoms with E-state index in [4.69, 9.17) is 0 Å². The van der Waals surface area contributed by atoms with E-state index in [-0.39, 0.29) is 0 Å². The molecule has 0 spiro atoms. The van der Waals surface area contributed by atoms with Crippen molar-refractivity contribution in [2.45, 2.75) is 19.9 Å². The molecule has 0 bridgehead atoms. The van der Waals surface area contributed by atoms with Crippen molar-refractivity contribution in [3.05, 3.63) is 77.4 Å². The highest BCUT2D eigenvalue weighted by Crippen LogP contribution is 2.23. The van der Waals surface area contributed by atoms with Crippen molar-refractivity contribution in [3.63, 3.8) is 0 Å². The van der Waals surface area contributed by atoms with Crippen LogP contribution in [0.1, 0.15) is 23.1 Å². The molecule has 0 aliphatic carbocycles. The molecule has 0 amide bonds. The zero-order chi connectivity index (χ0) is 13.8. The Balaban J connectivity index is 1.64. The largest absolute Gasteiger partial charge is 0.295 e. The Labute approximate surface area is 121 Å². The molecule has 3 rings (SSSR count). The third-order valence-electron chi connectivity index (χ3n) is 3.96. The molecule has 1 nitrogen and oxygen atoms in total. The molecule has 0 fully saturated rings. The first-order valence-electron chi connectivity index (χ1n) is 7.33. The van der Waals surface area contributed by atoms with Gasteiger partial charge in [0.15, 0.2) is 0 Å². The first-order valence-corrected chi connectivity index (χ1v) is 7.33. The van der Waals surface area contributed by atoms with Crippen LogP contribution in [0.15, 0.2) is 60.7 Å². The molecule has 1 heteroatoms. The highest BCUT2D eigenvalue weighted by molar-refractivity contribution is 5.66. The average molecular weight is 263 g/mol. The predicted octanol–water partition coefficient (Wildman–Crippen LogP) is 4.28. The van der Waals surface area contributed by atoms with Gasteiger partial charge in [0, 0.05) is 19.6 Å². The van der Waals surface area contributed by atoms with Crippen molar-refractivity contribution in [2.75, 3.05) is 13.1 Å². The van der Waals surface area contributed by atoms with Gasteiger partial charge in [0.05, 0.1) is 0 Å². The minimum absolute atomic E-state index is 1.05. The minimum atomic E-state index is 1.05. The Hall–Kier alpha value is -1.86. The van der Waals surface area contributed by atoms with E-state index in [1.807, 2.05) is 0 Å². The van der Waals surface area contributed by atoms with Crippen LogP contribution in [0.2, 0.25) is 0 Å². The van der Waals surface area contributed by atoms with Gasteiger partial charge in [-0.3, -0.25) is 4.90 Å². The topological polar surface area (TPSA) is 3.24 Å². The molecule has 0 N–H and O–H groups in total. The summed E-state index contributed by atoms with van der Waals surface area (Å²) < 4.78 is 0. The van der Waals surface area contributed by atoms with Crippen LogP contribution < -0.4 is 0 Å².